The van der Waals surface area contributed by atoms with Gasteiger partial charge in [0, 0.05) is 58.1 Å². The highest BCUT2D eigenvalue weighted by atomic mass is 16.5. The lowest BCUT2D eigenvalue weighted by atomic mass is 10.1. The molecule has 4 aromatic rings. The number of nitrogens with zero attached hydrogens (tertiary/aromatic N) is 5. The smallest absolute Gasteiger partial charge is 0.160 e. The summed E-state index contributed by atoms with van der Waals surface area (Å²) < 4.78 is 18.1. The molecule has 0 spiro atoms. The fourth-order valence-electron chi connectivity index (χ4n) is 4.76. The van der Waals surface area contributed by atoms with Crippen molar-refractivity contribution in [3.63, 3.8) is 0 Å². The van der Waals surface area contributed by atoms with Crippen molar-refractivity contribution in [2.45, 2.75) is 6.92 Å². The van der Waals surface area contributed by atoms with Gasteiger partial charge < -0.3 is 29.7 Å². The summed E-state index contributed by atoms with van der Waals surface area (Å²) >= 11 is 0. The van der Waals surface area contributed by atoms with E-state index in [1.807, 2.05) is 34.8 Å². The van der Waals surface area contributed by atoms with Crippen LogP contribution in [0, 0.1) is 6.92 Å². The standard InChI is InChI=1S/C30H38N8O3/c1-22-6-4-7-23(18-22)21-33-35-27-20-29(37-12-16-41-17-13-37)38-28(34-27)19-26(36-38)24-8-5-9-25(31-10-14-39-2)30(24)32-11-15-40-3/h4-9,18-21,31-32H,10-17H2,1-3H3,(H,34,35). The summed E-state index contributed by atoms with van der Waals surface area (Å²) in [4.78, 5) is 7.13. The molecule has 1 aliphatic heterocycles. The lowest BCUT2D eigenvalue weighted by molar-refractivity contribution is 0.122. The molecule has 3 N–H and O–H groups in total. The van der Waals surface area contributed by atoms with Crippen molar-refractivity contribution < 1.29 is 14.2 Å². The maximum Gasteiger partial charge on any atom is 0.160 e. The highest BCUT2D eigenvalue weighted by Gasteiger charge is 2.20. The van der Waals surface area contributed by atoms with E-state index in [9.17, 15) is 0 Å². The molecule has 41 heavy (non-hydrogen) atoms. The van der Waals surface area contributed by atoms with Crippen LogP contribution in [0.3, 0.4) is 0 Å². The van der Waals surface area contributed by atoms with E-state index in [0.29, 0.717) is 45.3 Å². The van der Waals surface area contributed by atoms with Crippen LogP contribution >= 0.6 is 0 Å². The quantitative estimate of drug-likeness (QED) is 0.127. The summed E-state index contributed by atoms with van der Waals surface area (Å²) in [6.45, 7) is 7.45. The van der Waals surface area contributed by atoms with Crippen molar-refractivity contribution >= 4 is 34.9 Å². The number of benzene rings is 2. The second-order valence-corrected chi connectivity index (χ2v) is 9.75. The van der Waals surface area contributed by atoms with Gasteiger partial charge in [-0.15, -0.1) is 0 Å². The first-order valence-corrected chi connectivity index (χ1v) is 13.8. The summed E-state index contributed by atoms with van der Waals surface area (Å²) in [5.74, 6) is 1.57. The van der Waals surface area contributed by atoms with Gasteiger partial charge in [0.1, 0.15) is 5.82 Å². The van der Waals surface area contributed by atoms with Crippen LogP contribution in [0.25, 0.3) is 16.9 Å². The first-order valence-electron chi connectivity index (χ1n) is 13.8. The van der Waals surface area contributed by atoms with Gasteiger partial charge in [0.25, 0.3) is 0 Å². The summed E-state index contributed by atoms with van der Waals surface area (Å²) in [7, 11) is 3.39. The van der Waals surface area contributed by atoms with Crippen LogP contribution in [0.5, 0.6) is 0 Å². The highest BCUT2D eigenvalue weighted by Crippen LogP contribution is 2.35. The monoisotopic (exact) mass is 558 g/mol. The van der Waals surface area contributed by atoms with Crippen LogP contribution in [0.15, 0.2) is 59.7 Å². The van der Waals surface area contributed by atoms with Crippen molar-refractivity contribution in [3.8, 4) is 11.3 Å². The van der Waals surface area contributed by atoms with Gasteiger partial charge >= 0.3 is 0 Å². The number of rotatable bonds is 13. The topological polar surface area (TPSA) is 110 Å². The number of anilines is 4. The zero-order valence-electron chi connectivity index (χ0n) is 23.9. The molecule has 0 atom stereocenters. The molecule has 1 fully saturated rings. The Hall–Kier alpha value is -4.19. The molecular weight excluding hydrogens is 520 g/mol. The summed E-state index contributed by atoms with van der Waals surface area (Å²) in [5, 5.41) is 16.5. The average molecular weight is 559 g/mol. The fraction of sp³-hybridized carbons (Fsp3) is 0.367. The highest BCUT2D eigenvalue weighted by molar-refractivity contribution is 5.87. The first kappa shape index (κ1) is 28.3. The lowest BCUT2D eigenvalue weighted by Crippen LogP contribution is -2.37. The van der Waals surface area contributed by atoms with Gasteiger partial charge in [-0.05, 0) is 18.6 Å². The molecule has 2 aromatic carbocycles. The van der Waals surface area contributed by atoms with E-state index in [4.69, 9.17) is 24.3 Å². The van der Waals surface area contributed by atoms with Crippen molar-refractivity contribution in [2.75, 3.05) is 87.8 Å². The van der Waals surface area contributed by atoms with E-state index in [1.165, 1.54) is 5.56 Å². The van der Waals surface area contributed by atoms with Gasteiger partial charge in [0.15, 0.2) is 11.5 Å². The first-order chi connectivity index (χ1) is 20.2. The molecule has 0 aliphatic carbocycles. The van der Waals surface area contributed by atoms with Crippen LogP contribution < -0.4 is 21.0 Å². The Morgan fingerprint density at radius 3 is 2.54 bits per heavy atom. The largest absolute Gasteiger partial charge is 0.383 e. The Morgan fingerprint density at radius 2 is 1.76 bits per heavy atom. The molecular formula is C30H38N8O3. The fourth-order valence-corrected chi connectivity index (χ4v) is 4.76. The van der Waals surface area contributed by atoms with Crippen molar-refractivity contribution in [1.82, 2.24) is 14.6 Å². The third kappa shape index (κ3) is 7.12. The average Bonchev–Trinajstić information content (AvgIpc) is 3.42. The molecule has 1 saturated heterocycles. The molecule has 5 rings (SSSR count). The molecule has 2 aromatic heterocycles. The molecule has 0 radical (unpaired) electrons. The predicted octanol–water partition coefficient (Wildman–Crippen LogP) is 4.10. The van der Waals surface area contributed by atoms with Crippen molar-refractivity contribution in [2.24, 2.45) is 5.10 Å². The minimum Gasteiger partial charge on any atom is -0.383 e. The normalized spacial score (nSPS) is 13.7. The molecule has 11 nitrogen and oxygen atoms in total. The number of fused-ring (bicyclic) bond motifs is 1. The van der Waals surface area contributed by atoms with E-state index in [2.05, 4.69) is 57.2 Å². The molecule has 0 bridgehead atoms. The molecule has 0 amide bonds. The number of aromatic nitrogens is 3. The third-order valence-electron chi connectivity index (χ3n) is 6.75. The Balaban J connectivity index is 1.52. The number of morpholine rings is 1. The van der Waals surface area contributed by atoms with E-state index >= 15 is 0 Å². The number of ether oxygens (including phenoxy) is 3. The number of methoxy groups -OCH3 is 2. The van der Waals surface area contributed by atoms with Crippen molar-refractivity contribution in [3.05, 3.63) is 65.7 Å². The van der Waals surface area contributed by atoms with E-state index in [1.54, 1.807) is 20.4 Å². The molecule has 11 heteroatoms. The number of hydrogen-bond acceptors (Lipinski definition) is 10. The Kier molecular flexibility index (Phi) is 9.63. The second kappa shape index (κ2) is 13.9. The number of nitrogens with one attached hydrogen (secondary N) is 3. The summed E-state index contributed by atoms with van der Waals surface area (Å²) in [6.07, 6.45) is 1.80. The Morgan fingerprint density at radius 1 is 0.976 bits per heavy atom. The molecule has 0 unspecified atom stereocenters. The maximum atomic E-state index is 5.62. The predicted molar refractivity (Wildman–Crippen MR) is 165 cm³/mol. The van der Waals surface area contributed by atoms with E-state index in [-0.39, 0.29) is 0 Å². The van der Waals surface area contributed by atoms with Gasteiger partial charge in [-0.25, -0.2) is 4.98 Å². The second-order valence-electron chi connectivity index (χ2n) is 9.75. The molecule has 0 saturated carbocycles. The van der Waals surface area contributed by atoms with Crippen molar-refractivity contribution in [1.29, 1.82) is 0 Å². The van der Waals surface area contributed by atoms with Crippen LogP contribution in [-0.4, -0.2) is 87.6 Å². The zero-order chi connectivity index (χ0) is 28.4. The SMILES string of the molecule is COCCNc1cccc(-c2cc3nc(NN=Cc4cccc(C)c4)cc(N4CCOCC4)n3n2)c1NCCOC. The van der Waals surface area contributed by atoms with Gasteiger partial charge in [0.2, 0.25) is 0 Å². The number of hydrazone groups is 1. The van der Waals surface area contributed by atoms with Crippen LogP contribution in [-0.2, 0) is 14.2 Å². The Bertz CT molecular complexity index is 1470. The van der Waals surface area contributed by atoms with Gasteiger partial charge in [-0.2, -0.15) is 14.7 Å². The summed E-state index contributed by atoms with van der Waals surface area (Å²) in [6, 6.07) is 18.3. The lowest BCUT2D eigenvalue weighted by Gasteiger charge is -2.29. The van der Waals surface area contributed by atoms with Crippen LogP contribution in [0.1, 0.15) is 11.1 Å². The molecule has 1 aliphatic rings. The maximum absolute atomic E-state index is 5.62. The van der Waals surface area contributed by atoms with Gasteiger partial charge in [0.05, 0.1) is 49.7 Å². The number of para-hydroxylation sites is 1. The van der Waals surface area contributed by atoms with Gasteiger partial charge in [-0.3, -0.25) is 5.43 Å². The summed E-state index contributed by atoms with van der Waals surface area (Å²) in [5.41, 5.74) is 9.76. The third-order valence-corrected chi connectivity index (χ3v) is 6.75. The minimum atomic E-state index is 0.581. The van der Waals surface area contributed by atoms with Crippen LogP contribution in [0.2, 0.25) is 0 Å². The Labute approximate surface area is 240 Å². The van der Waals surface area contributed by atoms with Gasteiger partial charge in [-0.1, -0.05) is 42.0 Å². The number of hydrogen-bond donors (Lipinski definition) is 3. The molecule has 3 heterocycles. The number of aryl methyl sites for hydroxylation is 1. The molecule has 216 valence electrons. The minimum absolute atomic E-state index is 0.581. The van der Waals surface area contributed by atoms with E-state index in [0.717, 1.165) is 52.8 Å². The van der Waals surface area contributed by atoms with E-state index < -0.39 is 0 Å². The zero-order valence-corrected chi connectivity index (χ0v) is 23.9. The van der Waals surface area contributed by atoms with Crippen LogP contribution in [0.4, 0.5) is 23.0 Å².